The van der Waals surface area contributed by atoms with Crippen molar-refractivity contribution >= 4 is 23.1 Å². The Labute approximate surface area is 288 Å². The number of fused-ring (bicyclic) bond motifs is 6. The van der Waals surface area contributed by atoms with Crippen molar-refractivity contribution in [3.63, 3.8) is 0 Å². The molecule has 2 aliphatic heterocycles. The predicted molar refractivity (Wildman–Crippen MR) is 183 cm³/mol. The van der Waals surface area contributed by atoms with Gasteiger partial charge in [-0.15, -0.1) is 0 Å². The summed E-state index contributed by atoms with van der Waals surface area (Å²) in [5.74, 6) is -4.48. The first kappa shape index (κ1) is 35.6. The Bertz CT molecular complexity index is 1600. The maximum atomic E-state index is 13.4. The number of methoxy groups -OCH3 is 1. The number of nitrogens with one attached hydrogen (secondary N) is 2. The Kier molecular flexibility index (Phi) is 8.90. The van der Waals surface area contributed by atoms with Gasteiger partial charge >= 0.3 is 0 Å². The van der Waals surface area contributed by atoms with Gasteiger partial charge in [-0.1, -0.05) is 0 Å². The molecule has 4 atom stereocenters. The molecule has 0 bridgehead atoms. The predicted octanol–water partition coefficient (Wildman–Crippen LogP) is 3.39. The van der Waals surface area contributed by atoms with Crippen molar-refractivity contribution in [3.05, 3.63) is 39.9 Å². The second kappa shape index (κ2) is 12.2. The molecule has 3 aliphatic carbocycles. The molecule has 1 aromatic rings. The van der Waals surface area contributed by atoms with Gasteiger partial charge in [0.05, 0.1) is 68.4 Å². The summed E-state index contributed by atoms with van der Waals surface area (Å²) in [4.78, 5) is 30.5. The smallest absolute Gasteiger partial charge is 0.238 e. The molecule has 0 saturated carbocycles. The first-order chi connectivity index (χ1) is 22.9. The number of anilines is 2. The van der Waals surface area contributed by atoms with Crippen molar-refractivity contribution in [2.75, 3.05) is 78.5 Å². The fraction of sp³-hybridized carbons (Fsp3) is 0.667. The number of ketones is 1. The highest BCUT2D eigenvalue weighted by Gasteiger charge is 2.72. The van der Waals surface area contributed by atoms with Gasteiger partial charge in [-0.05, 0) is 79.1 Å². The highest BCUT2D eigenvalue weighted by atomic mass is 16.7. The molecular weight excluding hydrogens is 632 g/mol. The largest absolute Gasteiger partial charge is 0.511 e. The zero-order valence-corrected chi connectivity index (χ0v) is 30.4. The topological polar surface area (TPSA) is 151 Å². The Morgan fingerprint density at radius 3 is 2.18 bits per heavy atom. The van der Waals surface area contributed by atoms with Crippen LogP contribution in [0, 0.1) is 17.3 Å². The van der Waals surface area contributed by atoms with E-state index in [0.29, 0.717) is 35.4 Å². The molecule has 1 aromatic carbocycles. The number of nitrogens with zero attached hydrogens (tertiary/aromatic N) is 2. The SMILES string of the molecule is COc1c(NC(=O)CNC(C)(C)C)cc(N(C)C)c2c1C1(OCCO1)C1=C(O)[C@@]3(C)[C@@H](C[C@@H]1C2)[C@H](N(C)C)C(O)=C(C(C)=O)C31OCCO1. The van der Waals surface area contributed by atoms with Crippen molar-refractivity contribution in [3.8, 4) is 5.75 Å². The molecule has 13 nitrogen and oxygen atoms in total. The molecule has 2 heterocycles. The summed E-state index contributed by atoms with van der Waals surface area (Å²) in [6.45, 7) is 10.1. The lowest BCUT2D eigenvalue weighted by atomic mass is 9.51. The number of Topliss-reactive ketones (excluding diaryl/α,β-unsaturated/α-hetero) is 1. The van der Waals surface area contributed by atoms with Crippen molar-refractivity contribution in [2.24, 2.45) is 17.3 Å². The summed E-state index contributed by atoms with van der Waals surface area (Å²) in [5.41, 5.74) is 1.68. The van der Waals surface area contributed by atoms with E-state index in [1.165, 1.54) is 6.92 Å². The van der Waals surface area contributed by atoms with Gasteiger partial charge in [0.25, 0.3) is 0 Å². The van der Waals surface area contributed by atoms with Gasteiger partial charge in [0.2, 0.25) is 17.5 Å². The highest BCUT2D eigenvalue weighted by Crippen LogP contribution is 2.67. The van der Waals surface area contributed by atoms with Gasteiger partial charge in [-0.25, -0.2) is 0 Å². The Hall–Kier alpha value is -3.20. The number of rotatable bonds is 7. The van der Waals surface area contributed by atoms with Crippen LogP contribution in [-0.2, 0) is 40.7 Å². The van der Waals surface area contributed by atoms with Crippen LogP contribution in [0.2, 0.25) is 0 Å². The first-order valence-corrected chi connectivity index (χ1v) is 17.0. The van der Waals surface area contributed by atoms with Gasteiger partial charge < -0.3 is 49.4 Å². The van der Waals surface area contributed by atoms with E-state index in [2.05, 4.69) is 10.6 Å². The molecule has 1 amide bonds. The molecule has 270 valence electrons. The van der Waals surface area contributed by atoms with E-state index < -0.39 is 34.7 Å². The average Bonchev–Trinajstić information content (AvgIpc) is 3.69. The second-order valence-electron chi connectivity index (χ2n) is 15.4. The van der Waals surface area contributed by atoms with Crippen LogP contribution in [0.15, 0.2) is 28.7 Å². The van der Waals surface area contributed by atoms with Crippen LogP contribution in [0.5, 0.6) is 5.75 Å². The Balaban J connectivity index is 1.61. The lowest BCUT2D eigenvalue weighted by Crippen LogP contribution is -2.66. The maximum absolute atomic E-state index is 13.4. The number of amides is 1. The normalized spacial score (nSPS) is 28.5. The van der Waals surface area contributed by atoms with Crippen LogP contribution in [0.1, 0.15) is 52.2 Å². The van der Waals surface area contributed by atoms with Crippen molar-refractivity contribution in [1.82, 2.24) is 10.2 Å². The van der Waals surface area contributed by atoms with Crippen LogP contribution < -0.4 is 20.3 Å². The molecule has 13 heteroatoms. The highest BCUT2D eigenvalue weighted by molar-refractivity contribution is 5.97. The molecule has 4 N–H and O–H groups in total. The number of carbonyl (C=O) groups excluding carboxylic acids is 2. The van der Waals surface area contributed by atoms with Crippen LogP contribution >= 0.6 is 0 Å². The third-order valence-electron chi connectivity index (χ3n) is 10.9. The minimum Gasteiger partial charge on any atom is -0.511 e. The molecule has 2 fully saturated rings. The zero-order valence-electron chi connectivity index (χ0n) is 30.4. The van der Waals surface area contributed by atoms with E-state index in [9.17, 15) is 19.8 Å². The van der Waals surface area contributed by atoms with E-state index in [0.717, 1.165) is 11.3 Å². The second-order valence-corrected chi connectivity index (χ2v) is 15.4. The van der Waals surface area contributed by atoms with Gasteiger partial charge in [0.1, 0.15) is 11.5 Å². The molecule has 0 unspecified atom stereocenters. The Morgan fingerprint density at radius 2 is 1.65 bits per heavy atom. The maximum Gasteiger partial charge on any atom is 0.238 e. The van der Waals surface area contributed by atoms with E-state index in [4.69, 9.17) is 23.7 Å². The number of aliphatic hydroxyl groups excluding tert-OH is 2. The van der Waals surface area contributed by atoms with Crippen LogP contribution in [0.3, 0.4) is 0 Å². The lowest BCUT2D eigenvalue weighted by molar-refractivity contribution is -0.244. The summed E-state index contributed by atoms with van der Waals surface area (Å²) >= 11 is 0. The van der Waals surface area contributed by atoms with E-state index >= 15 is 0 Å². The summed E-state index contributed by atoms with van der Waals surface area (Å²) in [6.07, 6.45) is 0.973. The number of aliphatic hydroxyl groups is 2. The molecule has 0 radical (unpaired) electrons. The van der Waals surface area contributed by atoms with E-state index in [-0.39, 0.29) is 67.4 Å². The minimum atomic E-state index is -1.74. The summed E-state index contributed by atoms with van der Waals surface area (Å²) in [7, 11) is 9.12. The fourth-order valence-electron chi connectivity index (χ4n) is 8.98. The molecule has 5 aliphatic rings. The molecule has 2 spiro atoms. The van der Waals surface area contributed by atoms with Gasteiger partial charge in [-0.2, -0.15) is 0 Å². The average molecular weight is 685 g/mol. The van der Waals surface area contributed by atoms with E-state index in [1.807, 2.05) is 71.8 Å². The lowest BCUT2D eigenvalue weighted by Gasteiger charge is -2.60. The monoisotopic (exact) mass is 684 g/mol. The van der Waals surface area contributed by atoms with Crippen molar-refractivity contribution < 1.29 is 43.5 Å². The van der Waals surface area contributed by atoms with Gasteiger partial charge in [0, 0.05) is 36.8 Å². The van der Waals surface area contributed by atoms with Crippen molar-refractivity contribution in [2.45, 2.75) is 70.6 Å². The minimum absolute atomic E-state index is 0.00732. The zero-order chi connectivity index (χ0) is 35.8. The summed E-state index contributed by atoms with van der Waals surface area (Å²) < 4.78 is 32.1. The van der Waals surface area contributed by atoms with Crippen LogP contribution in [-0.4, -0.2) is 112 Å². The number of likely N-dealkylation sites (N-methyl/N-ethyl adjacent to an activating group) is 1. The standard InChI is InChI=1S/C36H52N4O9/c1-19(41)26-30(43)29(40(8)9)22-16-20-15-21-24(39(6)7)17-23(38-25(42)18-37-33(2,3)4)31(45-10)28(21)35(46-11-12-47-35)27(20)32(44)34(22,5)36(26)48-13-14-49-36/h17,20,22,29,37,43-44H,11-16,18H2,1-10H3,(H,38,42)/t20-,22-,29-,34+/m0/s1. The van der Waals surface area contributed by atoms with E-state index in [1.54, 1.807) is 7.11 Å². The quantitative estimate of drug-likeness (QED) is 0.333. The van der Waals surface area contributed by atoms with Gasteiger partial charge in [-0.3, -0.25) is 14.5 Å². The third-order valence-corrected chi connectivity index (χ3v) is 10.9. The van der Waals surface area contributed by atoms with Gasteiger partial charge in [0.15, 0.2) is 11.5 Å². The molecule has 2 saturated heterocycles. The number of hydrogen-bond acceptors (Lipinski definition) is 12. The Morgan fingerprint density at radius 1 is 1.04 bits per heavy atom. The molecular formula is C36H52N4O9. The number of benzene rings is 1. The molecule has 0 aromatic heterocycles. The van der Waals surface area contributed by atoms with Crippen LogP contribution in [0.25, 0.3) is 0 Å². The summed E-state index contributed by atoms with van der Waals surface area (Å²) in [6, 6.07) is 1.29. The van der Waals surface area contributed by atoms with Crippen molar-refractivity contribution in [1.29, 1.82) is 0 Å². The third kappa shape index (κ3) is 5.19. The number of ether oxygens (including phenoxy) is 5. The first-order valence-electron chi connectivity index (χ1n) is 17.0. The van der Waals surface area contributed by atoms with Crippen LogP contribution in [0.4, 0.5) is 11.4 Å². The molecule has 49 heavy (non-hydrogen) atoms. The molecule has 6 rings (SSSR count). The fourth-order valence-corrected chi connectivity index (χ4v) is 8.98. The summed E-state index contributed by atoms with van der Waals surface area (Å²) in [5, 5.41) is 31.0. The number of hydrogen-bond donors (Lipinski definition) is 4. The number of carbonyl (C=O) groups is 2.